The SMILES string of the molecule is Cn1cc(CC(CBr)(CBr)c2ccc(Br)cc2)cn1. The van der Waals surface area contributed by atoms with E-state index in [1.807, 2.05) is 17.9 Å². The van der Waals surface area contributed by atoms with Crippen LogP contribution in [0.3, 0.4) is 0 Å². The monoisotopic (exact) mass is 448 g/mol. The van der Waals surface area contributed by atoms with Crippen LogP contribution in [0.1, 0.15) is 11.1 Å². The van der Waals surface area contributed by atoms with Gasteiger partial charge in [0, 0.05) is 33.8 Å². The van der Waals surface area contributed by atoms with Gasteiger partial charge in [0.1, 0.15) is 0 Å². The van der Waals surface area contributed by atoms with E-state index in [4.69, 9.17) is 0 Å². The van der Waals surface area contributed by atoms with E-state index in [1.54, 1.807) is 0 Å². The van der Waals surface area contributed by atoms with Crippen LogP contribution in [-0.2, 0) is 18.9 Å². The van der Waals surface area contributed by atoms with Gasteiger partial charge in [-0.2, -0.15) is 5.10 Å². The Balaban J connectivity index is 2.33. The van der Waals surface area contributed by atoms with Gasteiger partial charge in [0.15, 0.2) is 0 Å². The Morgan fingerprint density at radius 2 is 1.79 bits per heavy atom. The van der Waals surface area contributed by atoms with Gasteiger partial charge in [-0.15, -0.1) is 0 Å². The van der Waals surface area contributed by atoms with Crippen molar-refractivity contribution < 1.29 is 0 Å². The molecule has 0 unspecified atom stereocenters. The van der Waals surface area contributed by atoms with Gasteiger partial charge in [0.25, 0.3) is 0 Å². The van der Waals surface area contributed by atoms with Gasteiger partial charge >= 0.3 is 0 Å². The highest BCUT2D eigenvalue weighted by Crippen LogP contribution is 2.33. The van der Waals surface area contributed by atoms with Crippen LogP contribution in [0.25, 0.3) is 0 Å². The number of hydrogen-bond donors (Lipinski definition) is 0. The molecule has 5 heteroatoms. The highest BCUT2D eigenvalue weighted by molar-refractivity contribution is 9.10. The van der Waals surface area contributed by atoms with E-state index in [-0.39, 0.29) is 5.41 Å². The van der Waals surface area contributed by atoms with Crippen molar-refractivity contribution in [1.29, 1.82) is 0 Å². The van der Waals surface area contributed by atoms with Crippen molar-refractivity contribution >= 4 is 47.8 Å². The molecule has 2 aromatic rings. The van der Waals surface area contributed by atoms with Crippen LogP contribution in [-0.4, -0.2) is 20.4 Å². The molecule has 0 aliphatic heterocycles. The minimum Gasteiger partial charge on any atom is -0.276 e. The molecule has 0 amide bonds. The smallest absolute Gasteiger partial charge is 0.0521 e. The van der Waals surface area contributed by atoms with Crippen molar-refractivity contribution in [3.8, 4) is 0 Å². The Bertz CT molecular complexity index is 530. The van der Waals surface area contributed by atoms with E-state index in [1.165, 1.54) is 11.1 Å². The summed E-state index contributed by atoms with van der Waals surface area (Å²) in [6, 6.07) is 8.56. The summed E-state index contributed by atoms with van der Waals surface area (Å²) in [6.45, 7) is 0. The van der Waals surface area contributed by atoms with Gasteiger partial charge in [-0.1, -0.05) is 59.9 Å². The minimum atomic E-state index is 0.0454. The van der Waals surface area contributed by atoms with Crippen LogP contribution in [0, 0.1) is 0 Å². The lowest BCUT2D eigenvalue weighted by Crippen LogP contribution is -2.32. The van der Waals surface area contributed by atoms with Crippen LogP contribution in [0.2, 0.25) is 0 Å². The molecule has 2 rings (SSSR count). The van der Waals surface area contributed by atoms with Gasteiger partial charge in [0.2, 0.25) is 0 Å². The molecule has 0 atom stereocenters. The zero-order valence-electron chi connectivity index (χ0n) is 10.6. The normalized spacial score (nSPS) is 11.8. The zero-order chi connectivity index (χ0) is 13.9. The first-order valence-electron chi connectivity index (χ1n) is 5.95. The van der Waals surface area contributed by atoms with Crippen molar-refractivity contribution in [3.63, 3.8) is 0 Å². The highest BCUT2D eigenvalue weighted by Gasteiger charge is 2.30. The third-order valence-electron chi connectivity index (χ3n) is 3.27. The fraction of sp³-hybridized carbons (Fsp3) is 0.357. The molecule has 0 spiro atoms. The van der Waals surface area contributed by atoms with Gasteiger partial charge < -0.3 is 0 Å². The van der Waals surface area contributed by atoms with E-state index in [0.717, 1.165) is 21.6 Å². The van der Waals surface area contributed by atoms with E-state index in [0.29, 0.717) is 0 Å². The van der Waals surface area contributed by atoms with E-state index in [9.17, 15) is 0 Å². The largest absolute Gasteiger partial charge is 0.276 e. The van der Waals surface area contributed by atoms with E-state index in [2.05, 4.69) is 83.4 Å². The predicted molar refractivity (Wildman–Crippen MR) is 90.3 cm³/mol. The molecule has 0 aliphatic carbocycles. The zero-order valence-corrected chi connectivity index (χ0v) is 15.4. The van der Waals surface area contributed by atoms with Crippen LogP contribution < -0.4 is 0 Å². The molecule has 102 valence electrons. The summed E-state index contributed by atoms with van der Waals surface area (Å²) >= 11 is 10.9. The standard InChI is InChI=1S/C14H15Br3N2/c1-19-8-11(7-18-19)6-14(9-15,10-16)12-2-4-13(17)5-3-12/h2-5,7-8H,6,9-10H2,1H3. The summed E-state index contributed by atoms with van der Waals surface area (Å²) in [5, 5.41) is 6.06. The molecule has 0 radical (unpaired) electrons. The fourth-order valence-electron chi connectivity index (χ4n) is 2.14. The molecule has 2 nitrogen and oxygen atoms in total. The number of aromatic nitrogens is 2. The third-order valence-corrected chi connectivity index (χ3v) is 5.94. The molecule has 0 fully saturated rings. The van der Waals surface area contributed by atoms with Crippen molar-refractivity contribution in [2.24, 2.45) is 7.05 Å². The van der Waals surface area contributed by atoms with Gasteiger partial charge in [-0.25, -0.2) is 0 Å². The molecule has 0 saturated heterocycles. The molecule has 1 heterocycles. The topological polar surface area (TPSA) is 17.8 Å². The molecule has 1 aromatic carbocycles. The van der Waals surface area contributed by atoms with Crippen LogP contribution >= 0.6 is 47.8 Å². The van der Waals surface area contributed by atoms with Gasteiger partial charge in [0.05, 0.1) is 6.20 Å². The second-order valence-corrected chi connectivity index (χ2v) is 6.79. The van der Waals surface area contributed by atoms with Crippen molar-refractivity contribution in [2.45, 2.75) is 11.8 Å². The lowest BCUT2D eigenvalue weighted by molar-refractivity contribution is 0.551. The number of rotatable bonds is 5. The quantitative estimate of drug-likeness (QED) is 0.615. The van der Waals surface area contributed by atoms with Crippen LogP contribution in [0.15, 0.2) is 41.1 Å². The van der Waals surface area contributed by atoms with E-state index < -0.39 is 0 Å². The van der Waals surface area contributed by atoms with Crippen LogP contribution in [0.5, 0.6) is 0 Å². The Kier molecular flexibility index (Phi) is 5.26. The number of halogens is 3. The molecule has 0 saturated carbocycles. The molecular formula is C14H15Br3N2. The average Bonchev–Trinajstić information content (AvgIpc) is 2.82. The molecule has 0 bridgehead atoms. The third kappa shape index (κ3) is 3.50. The van der Waals surface area contributed by atoms with Crippen molar-refractivity contribution in [1.82, 2.24) is 9.78 Å². The summed E-state index contributed by atoms with van der Waals surface area (Å²) in [5.41, 5.74) is 2.63. The van der Waals surface area contributed by atoms with Crippen molar-refractivity contribution in [3.05, 3.63) is 52.3 Å². The molecule has 0 aliphatic rings. The number of alkyl halides is 2. The Morgan fingerprint density at radius 3 is 2.26 bits per heavy atom. The summed E-state index contributed by atoms with van der Waals surface area (Å²) < 4.78 is 2.96. The van der Waals surface area contributed by atoms with Gasteiger partial charge in [-0.3, -0.25) is 4.68 Å². The highest BCUT2D eigenvalue weighted by atomic mass is 79.9. The van der Waals surface area contributed by atoms with E-state index >= 15 is 0 Å². The number of aryl methyl sites for hydroxylation is 1. The number of nitrogens with zero attached hydrogens (tertiary/aromatic N) is 2. The predicted octanol–water partition coefficient (Wildman–Crippen LogP) is 4.45. The first-order valence-corrected chi connectivity index (χ1v) is 8.99. The minimum absolute atomic E-state index is 0.0454. The number of benzene rings is 1. The first kappa shape index (κ1) is 15.3. The Morgan fingerprint density at radius 1 is 1.16 bits per heavy atom. The average molecular weight is 451 g/mol. The van der Waals surface area contributed by atoms with Crippen LogP contribution in [0.4, 0.5) is 0 Å². The molecular weight excluding hydrogens is 436 g/mol. The summed E-state index contributed by atoms with van der Waals surface area (Å²) in [6.07, 6.45) is 4.98. The maximum absolute atomic E-state index is 4.26. The molecule has 0 N–H and O–H groups in total. The summed E-state index contributed by atoms with van der Waals surface area (Å²) in [4.78, 5) is 0. The first-order chi connectivity index (χ1) is 9.09. The lowest BCUT2D eigenvalue weighted by atomic mass is 9.80. The second kappa shape index (κ2) is 6.55. The summed E-state index contributed by atoms with van der Waals surface area (Å²) in [5.74, 6) is 0. The molecule has 1 aromatic heterocycles. The summed E-state index contributed by atoms with van der Waals surface area (Å²) in [7, 11) is 1.95. The van der Waals surface area contributed by atoms with Crippen molar-refractivity contribution in [2.75, 3.05) is 10.7 Å². The Hall–Kier alpha value is -0.130. The maximum atomic E-state index is 4.26. The second-order valence-electron chi connectivity index (χ2n) is 4.75. The lowest BCUT2D eigenvalue weighted by Gasteiger charge is -2.30. The number of hydrogen-bond acceptors (Lipinski definition) is 1. The molecule has 19 heavy (non-hydrogen) atoms. The fourth-order valence-corrected chi connectivity index (χ4v) is 4.38. The Labute approximate surface area is 139 Å². The maximum Gasteiger partial charge on any atom is 0.0521 e. The van der Waals surface area contributed by atoms with Gasteiger partial charge in [-0.05, 0) is 29.7 Å².